The van der Waals surface area contributed by atoms with E-state index in [1.807, 2.05) is 7.05 Å². The zero-order valence-electron chi connectivity index (χ0n) is 7.70. The number of phenolic OH excluding ortho intramolecular Hbond substituents is 1. The highest BCUT2D eigenvalue weighted by atomic mass is 16.3. The molecule has 0 saturated heterocycles. The molecule has 0 aliphatic rings. The van der Waals surface area contributed by atoms with Crippen molar-refractivity contribution in [3.8, 4) is 5.75 Å². The Morgan fingerprint density at radius 2 is 1.92 bits per heavy atom. The Balaban J connectivity index is 2.55. The quantitative estimate of drug-likeness (QED) is 0.650. The normalized spacial score (nSPS) is 12.8. The van der Waals surface area contributed by atoms with E-state index in [-0.39, 0.29) is 5.75 Å². The van der Waals surface area contributed by atoms with Gasteiger partial charge in [-0.15, -0.1) is 0 Å². The molecule has 1 atom stereocenters. The van der Waals surface area contributed by atoms with Crippen LogP contribution >= 0.6 is 0 Å². The van der Waals surface area contributed by atoms with Crippen molar-refractivity contribution < 1.29 is 10.2 Å². The van der Waals surface area contributed by atoms with Gasteiger partial charge in [-0.3, -0.25) is 0 Å². The van der Waals surface area contributed by atoms with Gasteiger partial charge in [-0.1, -0.05) is 12.1 Å². The van der Waals surface area contributed by atoms with Crippen LogP contribution in [0.5, 0.6) is 5.75 Å². The number of aromatic hydroxyl groups is 1. The van der Waals surface area contributed by atoms with Crippen LogP contribution in [-0.2, 0) is 0 Å². The number of aliphatic hydroxyl groups excluding tert-OH is 1. The molecule has 3 N–H and O–H groups in total. The van der Waals surface area contributed by atoms with Gasteiger partial charge in [0.05, 0.1) is 6.10 Å². The third-order valence-electron chi connectivity index (χ3n) is 1.95. The molecule has 0 radical (unpaired) electrons. The monoisotopic (exact) mass is 181 g/mol. The maximum Gasteiger partial charge on any atom is 0.115 e. The second-order valence-electron chi connectivity index (χ2n) is 3.00. The van der Waals surface area contributed by atoms with E-state index in [4.69, 9.17) is 5.11 Å². The fraction of sp³-hybridized carbons (Fsp3) is 0.400. The average Bonchev–Trinajstić information content (AvgIpc) is 2.15. The summed E-state index contributed by atoms with van der Waals surface area (Å²) in [5, 5.41) is 21.6. The van der Waals surface area contributed by atoms with Crippen LogP contribution in [0.2, 0.25) is 0 Å². The Kier molecular flexibility index (Phi) is 3.73. The van der Waals surface area contributed by atoms with Crippen molar-refractivity contribution in [3.63, 3.8) is 0 Å². The second kappa shape index (κ2) is 4.84. The Hall–Kier alpha value is -1.06. The highest BCUT2D eigenvalue weighted by molar-refractivity contribution is 5.27. The van der Waals surface area contributed by atoms with E-state index >= 15 is 0 Å². The summed E-state index contributed by atoms with van der Waals surface area (Å²) >= 11 is 0. The molecule has 0 saturated carbocycles. The molecule has 0 aliphatic carbocycles. The minimum absolute atomic E-state index is 0.226. The fourth-order valence-electron chi connectivity index (χ4n) is 1.14. The molecule has 1 unspecified atom stereocenters. The zero-order valence-corrected chi connectivity index (χ0v) is 7.70. The van der Waals surface area contributed by atoms with E-state index in [1.165, 1.54) is 0 Å². The van der Waals surface area contributed by atoms with E-state index in [2.05, 4.69) is 5.32 Å². The number of rotatable bonds is 4. The maximum atomic E-state index is 9.62. The molecule has 0 aliphatic heterocycles. The summed E-state index contributed by atoms with van der Waals surface area (Å²) < 4.78 is 0. The lowest BCUT2D eigenvalue weighted by Gasteiger charge is -2.10. The van der Waals surface area contributed by atoms with Crippen LogP contribution in [0.15, 0.2) is 24.3 Å². The van der Waals surface area contributed by atoms with Gasteiger partial charge in [0.15, 0.2) is 0 Å². The number of nitrogens with one attached hydrogen (secondary N) is 1. The number of benzene rings is 1. The molecule has 72 valence electrons. The first-order chi connectivity index (χ1) is 6.24. The van der Waals surface area contributed by atoms with Crippen molar-refractivity contribution in [2.45, 2.75) is 12.5 Å². The van der Waals surface area contributed by atoms with Crippen molar-refractivity contribution in [2.24, 2.45) is 0 Å². The van der Waals surface area contributed by atoms with Gasteiger partial charge in [0.1, 0.15) is 5.75 Å². The Morgan fingerprint density at radius 1 is 1.31 bits per heavy atom. The molecule has 0 amide bonds. The molecule has 3 heteroatoms. The number of aliphatic hydroxyl groups is 1. The minimum Gasteiger partial charge on any atom is -0.508 e. The van der Waals surface area contributed by atoms with Gasteiger partial charge in [0.2, 0.25) is 0 Å². The summed E-state index contributed by atoms with van der Waals surface area (Å²) in [5.74, 6) is 0.226. The van der Waals surface area contributed by atoms with Crippen LogP contribution in [0.25, 0.3) is 0 Å². The first-order valence-electron chi connectivity index (χ1n) is 4.35. The SMILES string of the molecule is CNCCC(O)c1ccc(O)cc1. The van der Waals surface area contributed by atoms with Gasteiger partial charge in [0, 0.05) is 0 Å². The molecule has 0 spiro atoms. The zero-order chi connectivity index (χ0) is 9.68. The lowest BCUT2D eigenvalue weighted by molar-refractivity contribution is 0.167. The van der Waals surface area contributed by atoms with Crippen LogP contribution in [0.4, 0.5) is 0 Å². The minimum atomic E-state index is -0.451. The van der Waals surface area contributed by atoms with Gasteiger partial charge in [-0.2, -0.15) is 0 Å². The summed E-state index contributed by atoms with van der Waals surface area (Å²) in [4.78, 5) is 0. The summed E-state index contributed by atoms with van der Waals surface area (Å²) in [6, 6.07) is 6.63. The molecular formula is C10H15NO2. The van der Waals surface area contributed by atoms with Crippen LogP contribution in [0.3, 0.4) is 0 Å². The number of hydrogen-bond donors (Lipinski definition) is 3. The molecule has 1 aromatic carbocycles. The van der Waals surface area contributed by atoms with Crippen molar-refractivity contribution in [3.05, 3.63) is 29.8 Å². The molecule has 0 fully saturated rings. The third-order valence-corrected chi connectivity index (χ3v) is 1.95. The molecule has 0 aromatic heterocycles. The third kappa shape index (κ3) is 3.05. The smallest absolute Gasteiger partial charge is 0.115 e. The van der Waals surface area contributed by atoms with Gasteiger partial charge < -0.3 is 15.5 Å². The van der Waals surface area contributed by atoms with Gasteiger partial charge in [-0.25, -0.2) is 0 Å². The highest BCUT2D eigenvalue weighted by Crippen LogP contribution is 2.18. The molecule has 1 rings (SSSR count). The summed E-state index contributed by atoms with van der Waals surface area (Å²) in [7, 11) is 1.85. The molecule has 13 heavy (non-hydrogen) atoms. The van der Waals surface area contributed by atoms with Crippen molar-refractivity contribution in [1.29, 1.82) is 0 Å². The molecule has 0 heterocycles. The first kappa shape index (κ1) is 10.0. The topological polar surface area (TPSA) is 52.5 Å². The Bertz CT molecular complexity index is 246. The maximum absolute atomic E-state index is 9.62. The van der Waals surface area contributed by atoms with E-state index in [0.717, 1.165) is 12.1 Å². The van der Waals surface area contributed by atoms with E-state index < -0.39 is 6.10 Å². The van der Waals surface area contributed by atoms with Gasteiger partial charge in [-0.05, 0) is 37.7 Å². The highest BCUT2D eigenvalue weighted by Gasteiger charge is 2.05. The molecule has 0 bridgehead atoms. The Labute approximate surface area is 78.0 Å². The molecule has 1 aromatic rings. The Morgan fingerprint density at radius 3 is 2.46 bits per heavy atom. The van der Waals surface area contributed by atoms with Crippen LogP contribution in [0, 0.1) is 0 Å². The van der Waals surface area contributed by atoms with Crippen molar-refractivity contribution in [2.75, 3.05) is 13.6 Å². The van der Waals surface area contributed by atoms with Crippen LogP contribution < -0.4 is 5.32 Å². The van der Waals surface area contributed by atoms with Gasteiger partial charge in [0.25, 0.3) is 0 Å². The largest absolute Gasteiger partial charge is 0.508 e. The number of hydrogen-bond acceptors (Lipinski definition) is 3. The summed E-state index contributed by atoms with van der Waals surface area (Å²) in [5.41, 5.74) is 0.841. The van der Waals surface area contributed by atoms with E-state index in [9.17, 15) is 5.11 Å². The lowest BCUT2D eigenvalue weighted by atomic mass is 10.1. The number of phenols is 1. The van der Waals surface area contributed by atoms with Gasteiger partial charge >= 0.3 is 0 Å². The molecular weight excluding hydrogens is 166 g/mol. The van der Waals surface area contributed by atoms with E-state index in [1.54, 1.807) is 24.3 Å². The standard InChI is InChI=1S/C10H15NO2/c1-11-7-6-10(13)8-2-4-9(12)5-3-8/h2-5,10-13H,6-7H2,1H3. The predicted molar refractivity (Wildman–Crippen MR) is 51.6 cm³/mol. The van der Waals surface area contributed by atoms with Crippen LogP contribution in [0.1, 0.15) is 18.1 Å². The second-order valence-corrected chi connectivity index (χ2v) is 3.00. The first-order valence-corrected chi connectivity index (χ1v) is 4.35. The summed E-state index contributed by atoms with van der Waals surface area (Å²) in [6.45, 7) is 0.780. The van der Waals surface area contributed by atoms with Crippen molar-refractivity contribution >= 4 is 0 Å². The van der Waals surface area contributed by atoms with E-state index in [0.29, 0.717) is 6.42 Å². The van der Waals surface area contributed by atoms with Crippen molar-refractivity contribution in [1.82, 2.24) is 5.32 Å². The molecule has 3 nitrogen and oxygen atoms in total. The summed E-state index contributed by atoms with van der Waals surface area (Å²) in [6.07, 6.45) is 0.231. The predicted octanol–water partition coefficient (Wildman–Crippen LogP) is 1.04. The fourth-order valence-corrected chi connectivity index (χ4v) is 1.14. The average molecular weight is 181 g/mol. The van der Waals surface area contributed by atoms with Crippen LogP contribution in [-0.4, -0.2) is 23.8 Å². The lowest BCUT2D eigenvalue weighted by Crippen LogP contribution is -2.11.